The van der Waals surface area contributed by atoms with Crippen LogP contribution in [0.15, 0.2) is 35.3 Å². The van der Waals surface area contributed by atoms with Gasteiger partial charge in [0.25, 0.3) is 0 Å². The van der Waals surface area contributed by atoms with E-state index in [0.717, 1.165) is 18.4 Å². The molecule has 2 nitrogen and oxygen atoms in total. The standard InChI is InChI=1S/C14H17NO/c16-14(13-9-5-2-6-10-13)15-11-12-7-3-1-4-8-12/h1,3-4,7-8,11,13H,2,5-6,9-10H2. The molecule has 0 heterocycles. The molecule has 1 amide bonds. The van der Waals surface area contributed by atoms with Gasteiger partial charge in [-0.05, 0) is 18.4 Å². The first-order valence-electron chi connectivity index (χ1n) is 5.99. The van der Waals surface area contributed by atoms with Gasteiger partial charge >= 0.3 is 0 Å². The van der Waals surface area contributed by atoms with Crippen molar-refractivity contribution in [1.82, 2.24) is 0 Å². The van der Waals surface area contributed by atoms with Crippen LogP contribution >= 0.6 is 0 Å². The molecule has 0 spiro atoms. The summed E-state index contributed by atoms with van der Waals surface area (Å²) in [6, 6.07) is 9.77. The highest BCUT2D eigenvalue weighted by Gasteiger charge is 2.19. The van der Waals surface area contributed by atoms with Gasteiger partial charge in [-0.3, -0.25) is 4.79 Å². The maximum absolute atomic E-state index is 11.8. The van der Waals surface area contributed by atoms with Gasteiger partial charge in [0.2, 0.25) is 5.91 Å². The van der Waals surface area contributed by atoms with Crippen LogP contribution < -0.4 is 0 Å². The van der Waals surface area contributed by atoms with Gasteiger partial charge in [0, 0.05) is 12.1 Å². The van der Waals surface area contributed by atoms with E-state index in [0.29, 0.717) is 0 Å². The van der Waals surface area contributed by atoms with E-state index in [4.69, 9.17) is 0 Å². The number of hydrogen-bond donors (Lipinski definition) is 0. The third-order valence-electron chi connectivity index (χ3n) is 3.09. The normalized spacial score (nSPS) is 17.8. The largest absolute Gasteiger partial charge is 0.272 e. The van der Waals surface area contributed by atoms with Gasteiger partial charge in [-0.25, -0.2) is 4.99 Å². The second kappa shape index (κ2) is 5.59. The summed E-state index contributed by atoms with van der Waals surface area (Å²) >= 11 is 0. The Balaban J connectivity index is 1.93. The molecule has 1 fully saturated rings. The number of rotatable bonds is 2. The fourth-order valence-electron chi connectivity index (χ4n) is 2.13. The second-order valence-corrected chi connectivity index (χ2v) is 4.34. The first-order chi connectivity index (χ1) is 7.86. The van der Waals surface area contributed by atoms with E-state index in [2.05, 4.69) is 4.99 Å². The van der Waals surface area contributed by atoms with Crippen LogP contribution in [0.3, 0.4) is 0 Å². The summed E-state index contributed by atoms with van der Waals surface area (Å²) in [6.07, 6.45) is 7.34. The minimum absolute atomic E-state index is 0.0588. The van der Waals surface area contributed by atoms with Gasteiger partial charge in [0.15, 0.2) is 0 Å². The first-order valence-corrected chi connectivity index (χ1v) is 5.99. The Kier molecular flexibility index (Phi) is 3.86. The van der Waals surface area contributed by atoms with Gasteiger partial charge in [0.1, 0.15) is 0 Å². The van der Waals surface area contributed by atoms with Crippen molar-refractivity contribution < 1.29 is 4.79 Å². The highest BCUT2D eigenvalue weighted by atomic mass is 16.1. The highest BCUT2D eigenvalue weighted by molar-refractivity contribution is 5.92. The molecule has 0 aromatic heterocycles. The van der Waals surface area contributed by atoms with Crippen molar-refractivity contribution in [2.45, 2.75) is 32.1 Å². The van der Waals surface area contributed by atoms with Crippen molar-refractivity contribution >= 4 is 12.1 Å². The summed E-state index contributed by atoms with van der Waals surface area (Å²) in [4.78, 5) is 15.8. The van der Waals surface area contributed by atoms with Crippen molar-refractivity contribution in [2.24, 2.45) is 10.9 Å². The van der Waals surface area contributed by atoms with Crippen molar-refractivity contribution in [3.63, 3.8) is 0 Å². The van der Waals surface area contributed by atoms with Crippen molar-refractivity contribution in [3.05, 3.63) is 35.9 Å². The second-order valence-electron chi connectivity index (χ2n) is 4.34. The maximum Gasteiger partial charge on any atom is 0.248 e. The molecule has 0 unspecified atom stereocenters. The van der Waals surface area contributed by atoms with E-state index in [-0.39, 0.29) is 11.8 Å². The van der Waals surface area contributed by atoms with Gasteiger partial charge < -0.3 is 0 Å². The fourth-order valence-corrected chi connectivity index (χ4v) is 2.13. The van der Waals surface area contributed by atoms with Crippen LogP contribution in [0.25, 0.3) is 0 Å². The molecule has 1 saturated carbocycles. The number of aliphatic imine (C=N–C) groups is 1. The van der Waals surface area contributed by atoms with Crippen LogP contribution in [-0.2, 0) is 4.79 Å². The molecule has 0 bridgehead atoms. The molecule has 1 aliphatic rings. The lowest BCUT2D eigenvalue weighted by Crippen LogP contribution is -2.15. The quantitative estimate of drug-likeness (QED) is 0.696. The third kappa shape index (κ3) is 3.02. The number of hydrogen-bond acceptors (Lipinski definition) is 1. The van der Waals surface area contributed by atoms with E-state index in [1.807, 2.05) is 30.3 Å². The van der Waals surface area contributed by atoms with Gasteiger partial charge in [-0.1, -0.05) is 49.6 Å². The molecule has 1 aromatic rings. The van der Waals surface area contributed by atoms with E-state index < -0.39 is 0 Å². The Bertz CT molecular complexity index is 364. The minimum Gasteiger partial charge on any atom is -0.272 e. The number of amides is 1. The number of carbonyl (C=O) groups excluding carboxylic acids is 1. The summed E-state index contributed by atoms with van der Waals surface area (Å²) in [6.45, 7) is 0. The van der Waals surface area contributed by atoms with Crippen LogP contribution in [0.4, 0.5) is 0 Å². The molecule has 1 aliphatic carbocycles. The molecule has 0 radical (unpaired) electrons. The van der Waals surface area contributed by atoms with Crippen LogP contribution in [0.2, 0.25) is 0 Å². The van der Waals surface area contributed by atoms with Crippen molar-refractivity contribution in [2.75, 3.05) is 0 Å². The average molecular weight is 215 g/mol. The van der Waals surface area contributed by atoms with Crippen LogP contribution in [0.1, 0.15) is 37.7 Å². The zero-order valence-electron chi connectivity index (χ0n) is 9.43. The molecule has 0 N–H and O–H groups in total. The molecule has 0 atom stereocenters. The van der Waals surface area contributed by atoms with E-state index in [1.54, 1.807) is 6.21 Å². The lowest BCUT2D eigenvalue weighted by atomic mass is 9.89. The average Bonchev–Trinajstić information content (AvgIpc) is 2.38. The number of benzene rings is 1. The van der Waals surface area contributed by atoms with E-state index >= 15 is 0 Å². The van der Waals surface area contributed by atoms with Crippen molar-refractivity contribution in [3.8, 4) is 0 Å². The molecule has 1 aromatic carbocycles. The highest BCUT2D eigenvalue weighted by Crippen LogP contribution is 2.24. The summed E-state index contributed by atoms with van der Waals surface area (Å²) < 4.78 is 0. The van der Waals surface area contributed by atoms with Crippen LogP contribution in [0, 0.1) is 5.92 Å². The molecular formula is C14H17NO. The topological polar surface area (TPSA) is 29.4 Å². The summed E-state index contributed by atoms with van der Waals surface area (Å²) in [7, 11) is 0. The SMILES string of the molecule is O=C(N=Cc1ccccc1)C1CCCCC1. The zero-order chi connectivity index (χ0) is 11.2. The molecule has 0 aliphatic heterocycles. The molecule has 2 rings (SSSR count). The predicted molar refractivity (Wildman–Crippen MR) is 65.6 cm³/mol. The summed E-state index contributed by atoms with van der Waals surface area (Å²) in [5, 5.41) is 0. The van der Waals surface area contributed by atoms with Crippen LogP contribution in [0.5, 0.6) is 0 Å². The minimum atomic E-state index is 0.0588. The summed E-state index contributed by atoms with van der Waals surface area (Å²) in [5.74, 6) is 0.234. The molecule has 2 heteroatoms. The van der Waals surface area contributed by atoms with E-state index in [9.17, 15) is 4.79 Å². The third-order valence-corrected chi connectivity index (χ3v) is 3.09. The predicted octanol–water partition coefficient (Wildman–Crippen LogP) is 3.21. The number of nitrogens with zero attached hydrogens (tertiary/aromatic N) is 1. The number of carbonyl (C=O) groups is 1. The maximum atomic E-state index is 11.8. The van der Waals surface area contributed by atoms with E-state index in [1.165, 1.54) is 19.3 Å². The van der Waals surface area contributed by atoms with Gasteiger partial charge in [-0.15, -0.1) is 0 Å². The fraction of sp³-hybridized carbons (Fsp3) is 0.429. The Morgan fingerprint density at radius 3 is 2.50 bits per heavy atom. The van der Waals surface area contributed by atoms with Gasteiger partial charge in [0.05, 0.1) is 0 Å². The van der Waals surface area contributed by atoms with Gasteiger partial charge in [-0.2, -0.15) is 0 Å². The molecular weight excluding hydrogens is 198 g/mol. The van der Waals surface area contributed by atoms with Crippen molar-refractivity contribution in [1.29, 1.82) is 0 Å². The Labute approximate surface area is 96.4 Å². The first kappa shape index (κ1) is 11.1. The Morgan fingerprint density at radius 2 is 1.81 bits per heavy atom. The Morgan fingerprint density at radius 1 is 1.12 bits per heavy atom. The monoisotopic (exact) mass is 215 g/mol. The Hall–Kier alpha value is -1.44. The lowest BCUT2D eigenvalue weighted by Gasteiger charge is -2.17. The molecule has 84 valence electrons. The molecule has 16 heavy (non-hydrogen) atoms. The lowest BCUT2D eigenvalue weighted by molar-refractivity contribution is -0.122. The summed E-state index contributed by atoms with van der Waals surface area (Å²) in [5.41, 5.74) is 0.992. The molecule has 0 saturated heterocycles. The van der Waals surface area contributed by atoms with Crippen LogP contribution in [-0.4, -0.2) is 12.1 Å². The smallest absolute Gasteiger partial charge is 0.248 e. The zero-order valence-corrected chi connectivity index (χ0v) is 9.43.